The third-order valence-electron chi connectivity index (χ3n) is 5.67. The maximum atomic E-state index is 14.2. The summed E-state index contributed by atoms with van der Waals surface area (Å²) in [4.78, 5) is 13.8. The number of benzene rings is 3. The molecule has 0 aliphatic carbocycles. The molecule has 4 rings (SSSR count). The van der Waals surface area contributed by atoms with Crippen LogP contribution in [0.5, 0.6) is 17.2 Å². The molecule has 1 aliphatic heterocycles. The van der Waals surface area contributed by atoms with Crippen LogP contribution in [0.2, 0.25) is 0 Å². The number of amides is 1. The molecule has 3 aromatic rings. The van der Waals surface area contributed by atoms with Crippen LogP contribution in [0.15, 0.2) is 66.7 Å². The van der Waals surface area contributed by atoms with Gasteiger partial charge in [0.2, 0.25) is 0 Å². The molecule has 3 aromatic carbocycles. The van der Waals surface area contributed by atoms with Gasteiger partial charge in [-0.05, 0) is 73.0 Å². The predicted octanol–water partition coefficient (Wildman–Crippen LogP) is 5.08. The highest BCUT2D eigenvalue weighted by molar-refractivity contribution is 5.93. The molecule has 1 heterocycles. The number of nitrogens with one attached hydrogen (secondary N) is 1. The number of hydrogen-bond acceptors (Lipinski definition) is 5. The third-order valence-corrected chi connectivity index (χ3v) is 5.67. The Kier molecular flexibility index (Phi) is 6.68. The Hall–Kier alpha value is -3.42. The summed E-state index contributed by atoms with van der Waals surface area (Å²) in [6, 6.07) is 19.9. The highest BCUT2D eigenvalue weighted by Crippen LogP contribution is 2.35. The monoisotopic (exact) mass is 436 g/mol. The van der Waals surface area contributed by atoms with Crippen LogP contribution in [-0.4, -0.2) is 29.7 Å². The van der Waals surface area contributed by atoms with E-state index in [4.69, 9.17) is 14.7 Å². The van der Waals surface area contributed by atoms with E-state index in [1.54, 1.807) is 19.2 Å². The Morgan fingerprint density at radius 3 is 2.66 bits per heavy atom. The number of carbonyl (C=O) groups is 1. The van der Waals surface area contributed by atoms with E-state index in [1.165, 1.54) is 23.2 Å². The number of rotatable bonds is 7. The van der Waals surface area contributed by atoms with Crippen molar-refractivity contribution >= 4 is 5.91 Å². The number of carbonyl (C=O) groups excluding carboxylic acids is 1. The van der Waals surface area contributed by atoms with Gasteiger partial charge in [0.05, 0.1) is 7.11 Å². The molecule has 1 saturated heterocycles. The lowest BCUT2D eigenvalue weighted by Gasteiger charge is -2.25. The normalized spacial score (nSPS) is 16.0. The SMILES string of the molecule is COc1cccc(C2CCCN2Cc2ccc(Oc3ccc(C(=O)NO)cc3F)cc2)c1. The van der Waals surface area contributed by atoms with Crippen molar-refractivity contribution in [2.75, 3.05) is 13.7 Å². The second-order valence-corrected chi connectivity index (χ2v) is 7.74. The van der Waals surface area contributed by atoms with E-state index in [-0.39, 0.29) is 11.3 Å². The highest BCUT2D eigenvalue weighted by atomic mass is 19.1. The minimum absolute atomic E-state index is 0.00361. The first-order valence-electron chi connectivity index (χ1n) is 10.5. The van der Waals surface area contributed by atoms with Crippen molar-refractivity contribution in [1.29, 1.82) is 0 Å². The Labute approximate surface area is 186 Å². The first-order chi connectivity index (χ1) is 15.6. The van der Waals surface area contributed by atoms with E-state index in [1.807, 2.05) is 24.3 Å². The van der Waals surface area contributed by atoms with Crippen molar-refractivity contribution < 1.29 is 23.9 Å². The minimum Gasteiger partial charge on any atom is -0.497 e. The van der Waals surface area contributed by atoms with Gasteiger partial charge in [-0.25, -0.2) is 9.87 Å². The van der Waals surface area contributed by atoms with Crippen LogP contribution in [0.4, 0.5) is 4.39 Å². The Morgan fingerprint density at radius 1 is 1.12 bits per heavy atom. The summed E-state index contributed by atoms with van der Waals surface area (Å²) in [6.07, 6.45) is 2.25. The lowest BCUT2D eigenvalue weighted by Crippen LogP contribution is -2.22. The van der Waals surface area contributed by atoms with Crippen molar-refractivity contribution in [3.05, 3.63) is 89.2 Å². The summed E-state index contributed by atoms with van der Waals surface area (Å²) in [5.41, 5.74) is 3.88. The summed E-state index contributed by atoms with van der Waals surface area (Å²) in [5, 5.41) is 8.65. The second-order valence-electron chi connectivity index (χ2n) is 7.74. The Balaban J connectivity index is 1.42. The van der Waals surface area contributed by atoms with Crippen LogP contribution >= 0.6 is 0 Å². The van der Waals surface area contributed by atoms with Crippen molar-refractivity contribution in [2.45, 2.75) is 25.4 Å². The quantitative estimate of drug-likeness (QED) is 0.399. The molecular formula is C25H25FN2O4. The fourth-order valence-corrected chi connectivity index (χ4v) is 4.06. The maximum Gasteiger partial charge on any atom is 0.274 e. The van der Waals surface area contributed by atoms with E-state index in [9.17, 15) is 9.18 Å². The average molecular weight is 436 g/mol. The number of hydrogen-bond donors (Lipinski definition) is 2. The summed E-state index contributed by atoms with van der Waals surface area (Å²) >= 11 is 0. The molecule has 1 atom stereocenters. The zero-order chi connectivity index (χ0) is 22.5. The molecule has 1 amide bonds. The summed E-state index contributed by atoms with van der Waals surface area (Å²) in [5.74, 6) is -0.0990. The standard InChI is InChI=1S/C25H25FN2O4/c1-31-21-5-2-4-18(14-21)23-6-3-13-28(23)16-17-7-10-20(11-8-17)32-24-12-9-19(15-22(24)26)25(29)27-30/h2,4-5,7-12,14-15,23,30H,3,6,13,16H2,1H3,(H,27,29). The smallest absolute Gasteiger partial charge is 0.274 e. The largest absolute Gasteiger partial charge is 0.497 e. The van der Waals surface area contributed by atoms with Gasteiger partial charge in [-0.2, -0.15) is 0 Å². The first kappa shape index (κ1) is 21.8. The molecule has 0 spiro atoms. The number of nitrogens with zero attached hydrogens (tertiary/aromatic N) is 1. The molecule has 1 fully saturated rings. The lowest BCUT2D eigenvalue weighted by atomic mass is 10.0. The van der Waals surface area contributed by atoms with Crippen LogP contribution in [0.1, 0.15) is 40.4 Å². The van der Waals surface area contributed by atoms with Gasteiger partial charge in [0, 0.05) is 18.2 Å². The summed E-state index contributed by atoms with van der Waals surface area (Å²) < 4.78 is 25.2. The zero-order valence-corrected chi connectivity index (χ0v) is 17.8. The molecule has 32 heavy (non-hydrogen) atoms. The number of halogens is 1. The molecule has 6 nitrogen and oxygen atoms in total. The van der Waals surface area contributed by atoms with Crippen LogP contribution in [0.25, 0.3) is 0 Å². The van der Waals surface area contributed by atoms with E-state index < -0.39 is 11.7 Å². The van der Waals surface area contributed by atoms with Gasteiger partial charge < -0.3 is 9.47 Å². The molecule has 0 radical (unpaired) electrons. The molecule has 1 aliphatic rings. The molecule has 166 valence electrons. The van der Waals surface area contributed by atoms with Gasteiger partial charge in [-0.3, -0.25) is 14.9 Å². The van der Waals surface area contributed by atoms with Gasteiger partial charge in [-0.15, -0.1) is 0 Å². The van der Waals surface area contributed by atoms with E-state index in [0.717, 1.165) is 43.3 Å². The molecule has 7 heteroatoms. The maximum absolute atomic E-state index is 14.2. The number of ether oxygens (including phenoxy) is 2. The third kappa shape index (κ3) is 4.90. The lowest BCUT2D eigenvalue weighted by molar-refractivity contribution is 0.0706. The van der Waals surface area contributed by atoms with Gasteiger partial charge in [-0.1, -0.05) is 24.3 Å². The number of likely N-dealkylation sites (tertiary alicyclic amines) is 1. The summed E-state index contributed by atoms with van der Waals surface area (Å²) in [7, 11) is 1.68. The second kappa shape index (κ2) is 9.80. The van der Waals surface area contributed by atoms with E-state index in [0.29, 0.717) is 11.8 Å². The predicted molar refractivity (Wildman–Crippen MR) is 118 cm³/mol. The van der Waals surface area contributed by atoms with Crippen molar-refractivity contribution in [2.24, 2.45) is 0 Å². The van der Waals surface area contributed by atoms with Gasteiger partial charge in [0.1, 0.15) is 11.5 Å². The molecule has 0 bridgehead atoms. The van der Waals surface area contributed by atoms with Crippen molar-refractivity contribution in [1.82, 2.24) is 10.4 Å². The fourth-order valence-electron chi connectivity index (χ4n) is 4.06. The van der Waals surface area contributed by atoms with Gasteiger partial charge in [0.25, 0.3) is 5.91 Å². The Morgan fingerprint density at radius 2 is 1.94 bits per heavy atom. The molecule has 0 saturated carbocycles. The summed E-state index contributed by atoms with van der Waals surface area (Å²) in [6.45, 7) is 1.83. The van der Waals surface area contributed by atoms with E-state index >= 15 is 0 Å². The van der Waals surface area contributed by atoms with Crippen LogP contribution < -0.4 is 15.0 Å². The van der Waals surface area contributed by atoms with Crippen LogP contribution in [0.3, 0.4) is 0 Å². The van der Waals surface area contributed by atoms with Gasteiger partial charge >= 0.3 is 0 Å². The first-order valence-corrected chi connectivity index (χ1v) is 10.5. The fraction of sp³-hybridized carbons (Fsp3) is 0.240. The van der Waals surface area contributed by atoms with Crippen LogP contribution in [-0.2, 0) is 6.54 Å². The van der Waals surface area contributed by atoms with Crippen molar-refractivity contribution in [3.8, 4) is 17.2 Å². The molecule has 2 N–H and O–H groups in total. The highest BCUT2D eigenvalue weighted by Gasteiger charge is 2.26. The number of methoxy groups -OCH3 is 1. The minimum atomic E-state index is -0.783. The average Bonchev–Trinajstić information content (AvgIpc) is 3.29. The van der Waals surface area contributed by atoms with E-state index in [2.05, 4.69) is 17.0 Å². The zero-order valence-electron chi connectivity index (χ0n) is 17.8. The molecule has 0 aromatic heterocycles. The van der Waals surface area contributed by atoms with Crippen molar-refractivity contribution in [3.63, 3.8) is 0 Å². The molecular weight excluding hydrogens is 411 g/mol. The Bertz CT molecular complexity index is 1090. The molecule has 1 unspecified atom stereocenters. The topological polar surface area (TPSA) is 71.0 Å². The van der Waals surface area contributed by atoms with Gasteiger partial charge in [0.15, 0.2) is 11.6 Å². The number of hydroxylamine groups is 1. The van der Waals surface area contributed by atoms with Crippen LogP contribution in [0, 0.1) is 5.82 Å².